The van der Waals surface area contributed by atoms with E-state index in [9.17, 15) is 9.59 Å². The number of nitrogens with zero attached hydrogens (tertiary/aromatic N) is 3. The Bertz CT molecular complexity index is 1090. The fraction of sp³-hybridized carbons (Fsp3) is 0.333. The van der Waals surface area contributed by atoms with E-state index in [0.29, 0.717) is 16.8 Å². The van der Waals surface area contributed by atoms with Crippen LogP contribution in [0.1, 0.15) is 18.2 Å². The number of carbonyl (C=O) groups is 1. The molecule has 1 N–H and O–H groups in total. The molecule has 0 bridgehead atoms. The van der Waals surface area contributed by atoms with Crippen LogP contribution < -0.4 is 10.9 Å². The molecule has 0 fully saturated rings. The van der Waals surface area contributed by atoms with Gasteiger partial charge in [0, 0.05) is 18.7 Å². The van der Waals surface area contributed by atoms with Gasteiger partial charge >= 0.3 is 0 Å². The second-order valence-electron chi connectivity index (χ2n) is 6.15. The third-order valence-corrected chi connectivity index (χ3v) is 7.20. The molecule has 1 aliphatic rings. The maximum atomic E-state index is 12.6. The number of carbonyl (C=O) groups excluding carboxylic acids is 1. The summed E-state index contributed by atoms with van der Waals surface area (Å²) in [5.41, 5.74) is 2.91. The first-order chi connectivity index (χ1) is 13.0. The summed E-state index contributed by atoms with van der Waals surface area (Å²) in [6, 6.07) is 6.02. The molecule has 0 atom stereocenters. The Balaban J connectivity index is 1.47. The number of anilines is 1. The van der Waals surface area contributed by atoms with Crippen LogP contribution in [0.2, 0.25) is 0 Å². The van der Waals surface area contributed by atoms with Gasteiger partial charge in [0.05, 0.1) is 26.6 Å². The zero-order valence-corrected chi connectivity index (χ0v) is 17.4. The van der Waals surface area contributed by atoms with E-state index in [1.807, 2.05) is 26.0 Å². The molecule has 3 aromatic rings. The third kappa shape index (κ3) is 3.76. The van der Waals surface area contributed by atoms with E-state index in [1.54, 1.807) is 16.3 Å². The molecule has 0 saturated carbocycles. The van der Waals surface area contributed by atoms with Crippen LogP contribution in [0.4, 0.5) is 5.13 Å². The Morgan fingerprint density at radius 1 is 1.37 bits per heavy atom. The minimum Gasteiger partial charge on any atom is -0.301 e. The lowest BCUT2D eigenvalue weighted by Gasteiger charge is -2.11. The van der Waals surface area contributed by atoms with Crippen molar-refractivity contribution in [2.24, 2.45) is 0 Å². The van der Waals surface area contributed by atoms with E-state index in [4.69, 9.17) is 0 Å². The van der Waals surface area contributed by atoms with E-state index in [0.717, 1.165) is 38.5 Å². The number of thioether (sulfide) groups is 2. The number of benzene rings is 1. The van der Waals surface area contributed by atoms with Gasteiger partial charge < -0.3 is 5.32 Å². The van der Waals surface area contributed by atoms with Gasteiger partial charge in [-0.3, -0.25) is 14.2 Å². The van der Waals surface area contributed by atoms with Crippen molar-refractivity contribution in [3.8, 4) is 0 Å². The van der Waals surface area contributed by atoms with Crippen molar-refractivity contribution < 1.29 is 4.79 Å². The summed E-state index contributed by atoms with van der Waals surface area (Å²) >= 11 is 4.33. The van der Waals surface area contributed by atoms with Crippen LogP contribution in [0, 0.1) is 6.92 Å². The minimum atomic E-state index is -0.150. The minimum absolute atomic E-state index is 0.00875. The summed E-state index contributed by atoms with van der Waals surface area (Å²) in [7, 11) is 0. The number of amides is 1. The number of hydrogen-bond donors (Lipinski definition) is 1. The maximum absolute atomic E-state index is 12.6. The number of aromatic nitrogens is 3. The molecule has 9 heteroatoms. The lowest BCUT2D eigenvalue weighted by molar-refractivity contribution is -0.113. The lowest BCUT2D eigenvalue weighted by Crippen LogP contribution is -2.25. The molecule has 140 valence electrons. The number of fused-ring (bicyclic) bond motifs is 2. The molecule has 4 rings (SSSR count). The fourth-order valence-corrected chi connectivity index (χ4v) is 5.79. The van der Waals surface area contributed by atoms with Gasteiger partial charge in [0.2, 0.25) is 5.91 Å². The number of aryl methyl sites for hydroxylation is 2. The van der Waals surface area contributed by atoms with Crippen LogP contribution in [0.25, 0.3) is 10.2 Å². The van der Waals surface area contributed by atoms with Crippen LogP contribution in [-0.4, -0.2) is 31.9 Å². The highest BCUT2D eigenvalue weighted by Gasteiger charge is 2.21. The van der Waals surface area contributed by atoms with Crippen molar-refractivity contribution in [3.63, 3.8) is 0 Å². The van der Waals surface area contributed by atoms with Gasteiger partial charge in [-0.25, -0.2) is 9.97 Å². The second-order valence-corrected chi connectivity index (χ2v) is 9.22. The first-order valence-corrected chi connectivity index (χ1v) is 11.4. The summed E-state index contributed by atoms with van der Waals surface area (Å²) in [5, 5.41) is 4.05. The second kappa shape index (κ2) is 7.65. The highest BCUT2D eigenvalue weighted by Crippen LogP contribution is 2.29. The average Bonchev–Trinajstić information content (AvgIpc) is 3.26. The monoisotopic (exact) mass is 418 g/mol. The quantitative estimate of drug-likeness (QED) is 0.504. The molecule has 27 heavy (non-hydrogen) atoms. The molecule has 0 spiro atoms. The van der Waals surface area contributed by atoms with Crippen molar-refractivity contribution in [3.05, 3.63) is 39.8 Å². The standard InChI is InChI=1S/C18H18N4O2S3/c1-3-22-16(24)15-12(6-7-25-15)20-18(22)26-9-14(23)21-17-19-11-5-4-10(2)8-13(11)27-17/h4-5,8H,3,6-7,9H2,1-2H3,(H,19,21,23). The van der Waals surface area contributed by atoms with Crippen molar-refractivity contribution in [2.75, 3.05) is 16.8 Å². The van der Waals surface area contributed by atoms with Gasteiger partial charge in [-0.05, 0) is 31.5 Å². The largest absolute Gasteiger partial charge is 0.301 e. The summed E-state index contributed by atoms with van der Waals surface area (Å²) in [6.07, 6.45) is 0.810. The molecule has 0 aliphatic carbocycles. The zero-order chi connectivity index (χ0) is 19.0. The highest BCUT2D eigenvalue weighted by molar-refractivity contribution is 8.00. The zero-order valence-electron chi connectivity index (χ0n) is 14.9. The van der Waals surface area contributed by atoms with Crippen molar-refractivity contribution in [1.29, 1.82) is 0 Å². The Kier molecular flexibility index (Phi) is 5.25. The summed E-state index contributed by atoms with van der Waals surface area (Å²) in [4.78, 5) is 34.7. The predicted octanol–water partition coefficient (Wildman–Crippen LogP) is 3.56. The fourth-order valence-electron chi connectivity index (χ4n) is 2.88. The van der Waals surface area contributed by atoms with Gasteiger partial charge in [0.1, 0.15) is 0 Å². The average molecular weight is 419 g/mol. The molecule has 6 nitrogen and oxygen atoms in total. The topological polar surface area (TPSA) is 76.9 Å². The van der Waals surface area contributed by atoms with Gasteiger partial charge in [-0.2, -0.15) is 0 Å². The molecular weight excluding hydrogens is 400 g/mol. The molecule has 1 aromatic carbocycles. The Hall–Kier alpha value is -1.84. The van der Waals surface area contributed by atoms with E-state index < -0.39 is 0 Å². The summed E-state index contributed by atoms with van der Waals surface area (Å²) in [5.74, 6) is 0.933. The van der Waals surface area contributed by atoms with Crippen LogP contribution in [-0.2, 0) is 17.8 Å². The SMILES string of the molecule is CCn1c(SCC(=O)Nc2nc3ccc(C)cc3s2)nc2c(c1=O)SCC2. The normalized spacial score (nSPS) is 13.1. The van der Waals surface area contributed by atoms with Crippen molar-refractivity contribution in [1.82, 2.24) is 14.5 Å². The van der Waals surface area contributed by atoms with Crippen LogP contribution in [0.3, 0.4) is 0 Å². The van der Waals surface area contributed by atoms with Crippen molar-refractivity contribution in [2.45, 2.75) is 36.9 Å². The molecule has 0 radical (unpaired) electrons. The number of rotatable bonds is 5. The van der Waals surface area contributed by atoms with E-state index in [1.165, 1.54) is 23.1 Å². The molecule has 2 aromatic heterocycles. The number of thiazole rings is 1. The molecular formula is C18H18N4O2S3. The van der Waals surface area contributed by atoms with E-state index >= 15 is 0 Å². The van der Waals surface area contributed by atoms with Crippen LogP contribution >= 0.6 is 34.9 Å². The smallest absolute Gasteiger partial charge is 0.268 e. The van der Waals surface area contributed by atoms with E-state index in [-0.39, 0.29) is 17.2 Å². The molecule has 0 saturated heterocycles. The number of hydrogen-bond acceptors (Lipinski definition) is 7. The highest BCUT2D eigenvalue weighted by atomic mass is 32.2. The molecule has 1 amide bonds. The Morgan fingerprint density at radius 3 is 3.04 bits per heavy atom. The number of nitrogens with one attached hydrogen (secondary N) is 1. The van der Waals surface area contributed by atoms with Crippen molar-refractivity contribution >= 4 is 56.1 Å². The van der Waals surface area contributed by atoms with Gasteiger partial charge in [0.25, 0.3) is 5.56 Å². The van der Waals surface area contributed by atoms with Crippen LogP contribution in [0.15, 0.2) is 33.0 Å². The third-order valence-electron chi connectivity index (χ3n) is 4.19. The molecule has 0 unspecified atom stereocenters. The lowest BCUT2D eigenvalue weighted by atomic mass is 10.2. The van der Waals surface area contributed by atoms with Gasteiger partial charge in [-0.15, -0.1) is 11.8 Å². The van der Waals surface area contributed by atoms with Crippen LogP contribution in [0.5, 0.6) is 0 Å². The first-order valence-electron chi connectivity index (χ1n) is 8.61. The molecule has 3 heterocycles. The summed E-state index contributed by atoms with van der Waals surface area (Å²) in [6.45, 7) is 4.49. The molecule has 1 aliphatic heterocycles. The van der Waals surface area contributed by atoms with Gasteiger partial charge in [0.15, 0.2) is 10.3 Å². The van der Waals surface area contributed by atoms with E-state index in [2.05, 4.69) is 21.4 Å². The summed E-state index contributed by atoms with van der Waals surface area (Å²) < 4.78 is 2.70. The maximum Gasteiger partial charge on any atom is 0.268 e. The first kappa shape index (κ1) is 18.5. The van der Waals surface area contributed by atoms with Gasteiger partial charge in [-0.1, -0.05) is 29.2 Å². The predicted molar refractivity (Wildman–Crippen MR) is 112 cm³/mol. The Labute approximate surface area is 168 Å². The Morgan fingerprint density at radius 2 is 2.22 bits per heavy atom.